The molecular weight excluding hydrogens is 661 g/mol. The number of fused-ring (bicyclic) bond motifs is 2. The average Bonchev–Trinajstić information content (AvgIpc) is 3.12. The van der Waals surface area contributed by atoms with Crippen molar-refractivity contribution in [1.29, 1.82) is 0 Å². The molecule has 0 heterocycles. The molecule has 0 aliphatic heterocycles. The van der Waals surface area contributed by atoms with E-state index < -0.39 is 26.1 Å². The van der Waals surface area contributed by atoms with Crippen molar-refractivity contribution in [2.24, 2.45) is 29.4 Å². The molecule has 0 aromatic heterocycles. The first-order valence-corrected chi connectivity index (χ1v) is 20.1. The van der Waals surface area contributed by atoms with E-state index in [0.29, 0.717) is 48.2 Å². The first kappa shape index (κ1) is 36.7. The fourth-order valence-corrected chi connectivity index (χ4v) is 9.14. The average molecular weight is 709 g/mol. The standard InChI is InChI=1S/C19H24N2O4S.C18H24N2O2S/c22-19(23)20-12-14-5-7-15(8-6-14)13-21-26(24,25)18-10-9-16-3-1-2-4-17(16)11-18;19-12-14-5-7-15(8-6-14)13-20-23(21,22)18-10-9-16-3-1-2-4-17(16)11-18/h1-4,9-11,14-15,20-21H,5-8,12-13H2,(H,22,23);1-4,9-11,14-15,20H,5-8,12-13,19H2/t2*14-,15-. The summed E-state index contributed by atoms with van der Waals surface area (Å²) in [6.07, 6.45) is 7.00. The number of benzene rings is 4. The van der Waals surface area contributed by atoms with Crippen molar-refractivity contribution in [3.63, 3.8) is 0 Å². The Morgan fingerprint density at radius 2 is 0.939 bits per heavy atom. The molecule has 0 bridgehead atoms. The van der Waals surface area contributed by atoms with Crippen LogP contribution in [-0.2, 0) is 20.0 Å². The molecule has 12 heteroatoms. The van der Waals surface area contributed by atoms with Gasteiger partial charge in [-0.2, -0.15) is 0 Å². The van der Waals surface area contributed by atoms with Crippen LogP contribution in [0.15, 0.2) is 94.7 Å². The molecule has 49 heavy (non-hydrogen) atoms. The Hall–Kier alpha value is -3.55. The lowest BCUT2D eigenvalue weighted by atomic mass is 9.82. The second-order valence-corrected chi connectivity index (χ2v) is 17.0. The van der Waals surface area contributed by atoms with Gasteiger partial charge in [0.05, 0.1) is 9.79 Å². The zero-order valence-electron chi connectivity index (χ0n) is 27.8. The van der Waals surface area contributed by atoms with E-state index in [1.165, 1.54) is 0 Å². The summed E-state index contributed by atoms with van der Waals surface area (Å²) < 4.78 is 55.7. The van der Waals surface area contributed by atoms with Gasteiger partial charge in [-0.15, -0.1) is 0 Å². The van der Waals surface area contributed by atoms with E-state index >= 15 is 0 Å². The van der Waals surface area contributed by atoms with E-state index in [-0.39, 0.29) is 4.90 Å². The number of rotatable bonds is 11. The van der Waals surface area contributed by atoms with Crippen LogP contribution < -0.4 is 20.5 Å². The third-order valence-corrected chi connectivity index (χ3v) is 12.8. The van der Waals surface area contributed by atoms with Gasteiger partial charge in [-0.3, -0.25) is 0 Å². The lowest BCUT2D eigenvalue weighted by molar-refractivity contribution is 0.188. The summed E-state index contributed by atoms with van der Waals surface area (Å²) in [6.45, 7) is 2.17. The lowest BCUT2D eigenvalue weighted by Crippen LogP contribution is -2.34. The predicted octanol–water partition coefficient (Wildman–Crippen LogP) is 6.08. The maximum absolute atomic E-state index is 12.6. The Bertz CT molecular complexity index is 1920. The molecule has 10 nitrogen and oxygen atoms in total. The number of hydrogen-bond donors (Lipinski definition) is 5. The molecule has 0 atom stereocenters. The van der Waals surface area contributed by atoms with Crippen LogP contribution in [-0.4, -0.2) is 54.2 Å². The monoisotopic (exact) mass is 708 g/mol. The Labute approximate surface area is 290 Å². The topological polar surface area (TPSA) is 168 Å². The van der Waals surface area contributed by atoms with Crippen LogP contribution in [0.4, 0.5) is 4.79 Å². The van der Waals surface area contributed by atoms with Crippen molar-refractivity contribution in [1.82, 2.24) is 14.8 Å². The van der Waals surface area contributed by atoms with Crippen LogP contribution in [0.1, 0.15) is 51.4 Å². The molecule has 0 unspecified atom stereocenters. The summed E-state index contributed by atoms with van der Waals surface area (Å²) in [6, 6.07) is 25.9. The molecule has 0 spiro atoms. The Morgan fingerprint density at radius 1 is 0.571 bits per heavy atom. The van der Waals surface area contributed by atoms with Crippen LogP contribution >= 0.6 is 0 Å². The molecule has 2 aliphatic rings. The van der Waals surface area contributed by atoms with E-state index in [4.69, 9.17) is 10.8 Å². The van der Waals surface area contributed by atoms with Crippen molar-refractivity contribution >= 4 is 47.7 Å². The molecule has 2 fully saturated rings. The van der Waals surface area contributed by atoms with Crippen molar-refractivity contribution < 1.29 is 26.7 Å². The highest BCUT2D eigenvalue weighted by atomic mass is 32.2. The SMILES string of the molecule is NC[C@H]1CC[C@H](CNS(=O)(=O)c2ccc3ccccc3c2)CC1.O=C(O)NC[C@H]1CC[C@H](CNS(=O)(=O)c2ccc3ccccc3c2)CC1. The van der Waals surface area contributed by atoms with Crippen molar-refractivity contribution in [3.8, 4) is 0 Å². The highest BCUT2D eigenvalue weighted by Gasteiger charge is 2.24. The normalized spacial score (nSPS) is 21.5. The maximum Gasteiger partial charge on any atom is 0.404 e. The molecule has 264 valence electrons. The van der Waals surface area contributed by atoms with Crippen molar-refractivity contribution in [2.45, 2.75) is 61.2 Å². The summed E-state index contributed by atoms with van der Waals surface area (Å²) in [5, 5.41) is 15.0. The van der Waals surface area contributed by atoms with Gasteiger partial charge in [0, 0.05) is 19.6 Å². The Balaban J connectivity index is 0.000000192. The maximum atomic E-state index is 12.6. The van der Waals surface area contributed by atoms with Gasteiger partial charge in [-0.1, -0.05) is 60.7 Å². The minimum atomic E-state index is -3.53. The highest BCUT2D eigenvalue weighted by Crippen LogP contribution is 2.29. The van der Waals surface area contributed by atoms with Crippen molar-refractivity contribution in [2.75, 3.05) is 26.2 Å². The second-order valence-electron chi connectivity index (χ2n) is 13.4. The van der Waals surface area contributed by atoms with Crippen molar-refractivity contribution in [3.05, 3.63) is 84.9 Å². The minimum Gasteiger partial charge on any atom is -0.465 e. The zero-order valence-corrected chi connectivity index (χ0v) is 29.4. The third-order valence-electron chi connectivity index (χ3n) is 9.99. The molecular formula is C37H48N4O6S2. The second kappa shape index (κ2) is 16.9. The van der Waals surface area contributed by atoms with Crippen LogP contribution in [0.2, 0.25) is 0 Å². The highest BCUT2D eigenvalue weighted by molar-refractivity contribution is 7.89. The molecule has 2 saturated carbocycles. The largest absolute Gasteiger partial charge is 0.465 e. The summed E-state index contributed by atoms with van der Waals surface area (Å²) in [4.78, 5) is 11.2. The van der Waals surface area contributed by atoms with Gasteiger partial charge in [0.25, 0.3) is 0 Å². The van der Waals surface area contributed by atoms with E-state index in [1.54, 1.807) is 24.3 Å². The first-order chi connectivity index (χ1) is 23.5. The van der Waals surface area contributed by atoms with E-state index in [9.17, 15) is 21.6 Å². The fraction of sp³-hybridized carbons (Fsp3) is 0.432. The smallest absolute Gasteiger partial charge is 0.404 e. The zero-order chi connectivity index (χ0) is 34.9. The van der Waals surface area contributed by atoms with Gasteiger partial charge in [0.15, 0.2) is 0 Å². The molecule has 1 amide bonds. The summed E-state index contributed by atoms with van der Waals surface area (Å²) in [5.41, 5.74) is 5.70. The minimum absolute atomic E-state index is 0.288. The van der Waals surface area contributed by atoms with E-state index in [0.717, 1.165) is 79.5 Å². The molecule has 6 N–H and O–H groups in total. The first-order valence-electron chi connectivity index (χ1n) is 17.2. The molecule has 4 aromatic carbocycles. The Kier molecular flexibility index (Phi) is 12.7. The fourth-order valence-electron chi connectivity index (χ4n) is 6.83. The number of carbonyl (C=O) groups is 1. The van der Waals surface area contributed by atoms with Gasteiger partial charge >= 0.3 is 6.09 Å². The van der Waals surface area contributed by atoms with Gasteiger partial charge < -0.3 is 16.2 Å². The molecule has 0 radical (unpaired) electrons. The predicted molar refractivity (Wildman–Crippen MR) is 194 cm³/mol. The molecule has 6 rings (SSSR count). The Morgan fingerprint density at radius 3 is 1.33 bits per heavy atom. The van der Waals surface area contributed by atoms with Crippen LogP contribution in [0.5, 0.6) is 0 Å². The van der Waals surface area contributed by atoms with Crippen LogP contribution in [0.25, 0.3) is 21.5 Å². The quantitative estimate of drug-likeness (QED) is 0.126. The molecule has 0 saturated heterocycles. The van der Waals surface area contributed by atoms with Gasteiger partial charge in [0.2, 0.25) is 20.0 Å². The number of nitrogens with one attached hydrogen (secondary N) is 3. The summed E-state index contributed by atoms with van der Waals surface area (Å²) >= 11 is 0. The summed E-state index contributed by atoms with van der Waals surface area (Å²) in [7, 11) is -6.97. The lowest BCUT2D eigenvalue weighted by Gasteiger charge is -2.28. The molecule has 4 aromatic rings. The van der Waals surface area contributed by atoms with Crippen LogP contribution in [0.3, 0.4) is 0 Å². The van der Waals surface area contributed by atoms with Gasteiger partial charge in [-0.25, -0.2) is 31.1 Å². The number of carboxylic acid groups (broad SMARTS) is 1. The third kappa shape index (κ3) is 10.5. The number of sulfonamides is 2. The van der Waals surface area contributed by atoms with E-state index in [2.05, 4.69) is 14.8 Å². The summed E-state index contributed by atoms with van der Waals surface area (Å²) in [5.74, 6) is 1.68. The van der Waals surface area contributed by atoms with Gasteiger partial charge in [0.1, 0.15) is 0 Å². The van der Waals surface area contributed by atoms with Gasteiger partial charge in [-0.05, 0) is 127 Å². The number of nitrogens with two attached hydrogens (primary N) is 1. The number of hydrogen-bond acceptors (Lipinski definition) is 6. The molecule has 2 aliphatic carbocycles. The van der Waals surface area contributed by atoms with E-state index in [1.807, 2.05) is 60.7 Å². The van der Waals surface area contributed by atoms with Crippen LogP contribution in [0, 0.1) is 23.7 Å². The number of amides is 1.